The highest BCUT2D eigenvalue weighted by Crippen LogP contribution is 1.96. The lowest BCUT2D eigenvalue weighted by Gasteiger charge is -1.81. The van der Waals surface area contributed by atoms with Crippen molar-refractivity contribution in [2.24, 2.45) is 4.99 Å². The van der Waals surface area contributed by atoms with Crippen LogP contribution in [-0.2, 0) is 4.79 Å². The van der Waals surface area contributed by atoms with Gasteiger partial charge in [-0.3, -0.25) is 4.99 Å². The molecular formula is C5H5NO2. The van der Waals surface area contributed by atoms with Crippen LogP contribution >= 0.6 is 0 Å². The van der Waals surface area contributed by atoms with E-state index in [2.05, 4.69) is 4.99 Å². The van der Waals surface area contributed by atoms with Crippen molar-refractivity contribution < 1.29 is 9.90 Å². The Balaban J connectivity index is 2.72. The summed E-state index contributed by atoms with van der Waals surface area (Å²) in [6, 6.07) is 0. The summed E-state index contributed by atoms with van der Waals surface area (Å²) in [7, 11) is 0. The molecule has 0 unspecified atom stereocenters. The zero-order valence-corrected chi connectivity index (χ0v) is 4.16. The maximum absolute atomic E-state index is 10.0. The monoisotopic (exact) mass is 111 g/mol. The average molecular weight is 111 g/mol. The number of carboxylic acids is 1. The third-order valence-corrected chi connectivity index (χ3v) is 0.894. The van der Waals surface area contributed by atoms with Crippen LogP contribution in [-0.4, -0.2) is 23.8 Å². The Kier molecular flexibility index (Phi) is 1.12. The van der Waals surface area contributed by atoms with Gasteiger partial charge in [0.2, 0.25) is 0 Å². The number of hydrogen-bond donors (Lipinski definition) is 1. The zero-order chi connectivity index (χ0) is 5.98. The van der Waals surface area contributed by atoms with Gasteiger partial charge in [-0.1, -0.05) is 0 Å². The first-order chi connectivity index (χ1) is 3.80. The molecule has 0 fully saturated rings. The first-order valence-corrected chi connectivity index (χ1v) is 2.24. The van der Waals surface area contributed by atoms with Crippen LogP contribution in [0.25, 0.3) is 0 Å². The van der Waals surface area contributed by atoms with E-state index < -0.39 is 5.97 Å². The molecule has 1 heterocycles. The molecule has 3 heteroatoms. The molecule has 0 aromatic carbocycles. The van der Waals surface area contributed by atoms with Gasteiger partial charge in [0.25, 0.3) is 0 Å². The molecule has 0 aliphatic carbocycles. The second kappa shape index (κ2) is 1.78. The molecule has 0 aromatic rings. The molecule has 0 bridgehead atoms. The maximum Gasteiger partial charge on any atom is 0.336 e. The quantitative estimate of drug-likeness (QED) is 0.521. The minimum absolute atomic E-state index is 0.296. The normalized spacial score (nSPS) is 16.2. The van der Waals surface area contributed by atoms with E-state index in [1.807, 2.05) is 0 Å². The van der Waals surface area contributed by atoms with Crippen LogP contribution in [0.1, 0.15) is 0 Å². The molecule has 0 spiro atoms. The third kappa shape index (κ3) is 0.753. The van der Waals surface area contributed by atoms with E-state index in [-0.39, 0.29) is 0 Å². The van der Waals surface area contributed by atoms with Crippen molar-refractivity contribution in [1.29, 1.82) is 0 Å². The summed E-state index contributed by atoms with van der Waals surface area (Å²) in [6.07, 6.45) is 2.94. The van der Waals surface area contributed by atoms with Crippen molar-refractivity contribution in [2.75, 3.05) is 6.54 Å². The smallest absolute Gasteiger partial charge is 0.336 e. The Morgan fingerprint density at radius 3 is 2.88 bits per heavy atom. The molecule has 0 aromatic heterocycles. The SMILES string of the molecule is O=C(O)C1=CCN=C1. The number of rotatable bonds is 1. The molecule has 1 N–H and O–H groups in total. The fourth-order valence-electron chi connectivity index (χ4n) is 0.497. The summed E-state index contributed by atoms with van der Waals surface area (Å²) in [4.78, 5) is 13.7. The van der Waals surface area contributed by atoms with Gasteiger partial charge in [0.1, 0.15) is 0 Å². The molecule has 3 nitrogen and oxygen atoms in total. The molecule has 1 aliphatic rings. The van der Waals surface area contributed by atoms with Crippen LogP contribution in [0.2, 0.25) is 0 Å². The topological polar surface area (TPSA) is 49.7 Å². The molecular weight excluding hydrogens is 106 g/mol. The Morgan fingerprint density at radius 1 is 1.88 bits per heavy atom. The molecule has 0 saturated heterocycles. The molecule has 0 radical (unpaired) electrons. The predicted molar refractivity (Wildman–Crippen MR) is 29.1 cm³/mol. The van der Waals surface area contributed by atoms with E-state index in [4.69, 9.17) is 5.11 Å². The Bertz CT molecular complexity index is 169. The Hall–Kier alpha value is -1.12. The van der Waals surface area contributed by atoms with Crippen LogP contribution in [0.4, 0.5) is 0 Å². The largest absolute Gasteiger partial charge is 0.478 e. The van der Waals surface area contributed by atoms with Crippen molar-refractivity contribution in [3.8, 4) is 0 Å². The number of aliphatic carboxylic acids is 1. The van der Waals surface area contributed by atoms with E-state index in [0.29, 0.717) is 12.1 Å². The summed E-state index contributed by atoms with van der Waals surface area (Å²) in [6.45, 7) is 0.516. The van der Waals surface area contributed by atoms with E-state index in [9.17, 15) is 4.79 Å². The minimum Gasteiger partial charge on any atom is -0.478 e. The lowest BCUT2D eigenvalue weighted by Crippen LogP contribution is -1.98. The molecule has 0 amide bonds. The summed E-state index contributed by atoms with van der Waals surface area (Å²) in [5.74, 6) is -0.897. The molecule has 0 saturated carbocycles. The Morgan fingerprint density at radius 2 is 2.62 bits per heavy atom. The van der Waals surface area contributed by atoms with Gasteiger partial charge in [-0.2, -0.15) is 0 Å². The maximum atomic E-state index is 10.0. The van der Waals surface area contributed by atoms with Crippen molar-refractivity contribution >= 4 is 12.2 Å². The number of nitrogens with zero attached hydrogens (tertiary/aromatic N) is 1. The third-order valence-electron chi connectivity index (χ3n) is 0.894. The van der Waals surface area contributed by atoms with Crippen LogP contribution in [0.3, 0.4) is 0 Å². The van der Waals surface area contributed by atoms with Gasteiger partial charge >= 0.3 is 5.97 Å². The second-order valence-electron chi connectivity index (χ2n) is 1.46. The molecule has 0 atom stereocenters. The van der Waals surface area contributed by atoms with Gasteiger partial charge < -0.3 is 5.11 Å². The summed E-state index contributed by atoms with van der Waals surface area (Å²) >= 11 is 0. The van der Waals surface area contributed by atoms with Crippen molar-refractivity contribution in [3.63, 3.8) is 0 Å². The average Bonchev–Trinajstić information content (AvgIpc) is 2.12. The fourth-order valence-corrected chi connectivity index (χ4v) is 0.497. The highest BCUT2D eigenvalue weighted by atomic mass is 16.4. The van der Waals surface area contributed by atoms with Gasteiger partial charge in [-0.15, -0.1) is 0 Å². The van der Waals surface area contributed by atoms with Gasteiger partial charge in [0, 0.05) is 6.21 Å². The number of hydrogen-bond acceptors (Lipinski definition) is 2. The number of carboxylic acid groups (broad SMARTS) is 1. The van der Waals surface area contributed by atoms with Gasteiger partial charge in [-0.05, 0) is 6.08 Å². The first kappa shape index (κ1) is 5.03. The lowest BCUT2D eigenvalue weighted by atomic mass is 10.3. The lowest BCUT2D eigenvalue weighted by molar-refractivity contribution is -0.131. The van der Waals surface area contributed by atoms with Crippen LogP contribution in [0.15, 0.2) is 16.6 Å². The van der Waals surface area contributed by atoms with Crippen LogP contribution in [0, 0.1) is 0 Å². The fraction of sp³-hybridized carbons (Fsp3) is 0.200. The summed E-state index contributed by atoms with van der Waals surface area (Å²) in [5.41, 5.74) is 0.296. The zero-order valence-electron chi connectivity index (χ0n) is 4.16. The van der Waals surface area contributed by atoms with Crippen LogP contribution in [0.5, 0.6) is 0 Å². The van der Waals surface area contributed by atoms with Gasteiger partial charge in [0.05, 0.1) is 12.1 Å². The predicted octanol–water partition coefficient (Wildman–Crippen LogP) is 0.0818. The van der Waals surface area contributed by atoms with E-state index >= 15 is 0 Å². The number of carbonyl (C=O) groups is 1. The van der Waals surface area contributed by atoms with E-state index in [0.717, 1.165) is 0 Å². The van der Waals surface area contributed by atoms with Crippen molar-refractivity contribution in [3.05, 3.63) is 11.6 Å². The summed E-state index contributed by atoms with van der Waals surface area (Å²) < 4.78 is 0. The highest BCUT2D eigenvalue weighted by molar-refractivity contribution is 6.09. The van der Waals surface area contributed by atoms with E-state index in [1.165, 1.54) is 6.21 Å². The minimum atomic E-state index is -0.897. The number of aliphatic imine (C=N–C) groups is 1. The van der Waals surface area contributed by atoms with E-state index in [1.54, 1.807) is 6.08 Å². The first-order valence-electron chi connectivity index (χ1n) is 2.24. The summed E-state index contributed by atoms with van der Waals surface area (Å²) in [5, 5.41) is 8.25. The Labute approximate surface area is 46.4 Å². The second-order valence-corrected chi connectivity index (χ2v) is 1.46. The van der Waals surface area contributed by atoms with Crippen LogP contribution < -0.4 is 0 Å². The molecule has 1 aliphatic heterocycles. The molecule has 42 valence electrons. The van der Waals surface area contributed by atoms with Crippen molar-refractivity contribution in [1.82, 2.24) is 0 Å². The molecule has 1 rings (SSSR count). The standard InChI is InChI=1S/C5H5NO2/c7-5(8)4-1-2-6-3-4/h1,3H,2H2,(H,7,8). The van der Waals surface area contributed by atoms with Gasteiger partial charge in [0.15, 0.2) is 0 Å². The van der Waals surface area contributed by atoms with Gasteiger partial charge in [-0.25, -0.2) is 4.79 Å². The van der Waals surface area contributed by atoms with Crippen molar-refractivity contribution in [2.45, 2.75) is 0 Å². The highest BCUT2D eigenvalue weighted by Gasteiger charge is 2.05. The molecule has 8 heavy (non-hydrogen) atoms.